The molecule has 8 heteroatoms. The lowest BCUT2D eigenvalue weighted by Crippen LogP contribution is -2.51. The van der Waals surface area contributed by atoms with Crippen LogP contribution in [0.15, 0.2) is 54.7 Å². The lowest BCUT2D eigenvalue weighted by molar-refractivity contribution is -0.148. The first-order valence-corrected chi connectivity index (χ1v) is 14.3. The Labute approximate surface area is 235 Å². The van der Waals surface area contributed by atoms with Crippen molar-refractivity contribution < 1.29 is 23.8 Å². The van der Waals surface area contributed by atoms with Crippen LogP contribution < -0.4 is 10.1 Å². The summed E-state index contributed by atoms with van der Waals surface area (Å²) in [5.74, 6) is 0.282. The highest BCUT2D eigenvalue weighted by molar-refractivity contribution is 7.18. The van der Waals surface area contributed by atoms with E-state index in [1.807, 2.05) is 30.5 Å². The minimum Gasteiger partial charge on any atom is -0.494 e. The number of nitrogens with one attached hydrogen (secondary N) is 1. The summed E-state index contributed by atoms with van der Waals surface area (Å²) >= 11 is 1.58. The molecular weight excluding hydrogens is 512 g/mol. The molecule has 1 aromatic heterocycles. The lowest BCUT2D eigenvalue weighted by Gasteiger charge is -2.30. The van der Waals surface area contributed by atoms with Gasteiger partial charge in [-0.2, -0.15) is 0 Å². The van der Waals surface area contributed by atoms with Crippen LogP contribution in [-0.2, 0) is 19.8 Å². The second-order valence-electron chi connectivity index (χ2n) is 10.6. The van der Waals surface area contributed by atoms with Crippen LogP contribution in [0.5, 0.6) is 5.75 Å². The van der Waals surface area contributed by atoms with Gasteiger partial charge in [-0.3, -0.25) is 0 Å². The van der Waals surface area contributed by atoms with E-state index < -0.39 is 23.2 Å². The van der Waals surface area contributed by atoms with Crippen LogP contribution in [-0.4, -0.2) is 36.4 Å². The predicted octanol–water partition coefficient (Wildman–Crippen LogP) is 7.74. The van der Waals surface area contributed by atoms with E-state index in [0.29, 0.717) is 5.56 Å². The number of amides is 1. The van der Waals surface area contributed by atoms with Crippen LogP contribution in [0.2, 0.25) is 0 Å². The maximum atomic E-state index is 12.7. The zero-order valence-corrected chi connectivity index (χ0v) is 24.7. The summed E-state index contributed by atoms with van der Waals surface area (Å²) in [5, 5.41) is 3.52. The Bertz CT molecular complexity index is 1220. The van der Waals surface area contributed by atoms with Crippen LogP contribution in [0, 0.1) is 0 Å². The standard InChI is InChI=1S/C31H40N2O5S/c1-7-8-9-10-11-20-37-25-18-14-22(15-19-25)26-21-32-27(39-26)23-12-16-24(17-13-23)31(5,28(34)36-6)33-29(35)38-30(2,3)4/h12-19,21H,7-11,20H2,1-6H3,(H,33,35). The number of carbonyl (C=O) groups is 2. The number of methoxy groups -OCH3 is 1. The Balaban J connectivity index is 1.68. The van der Waals surface area contributed by atoms with E-state index in [1.54, 1.807) is 51.2 Å². The first-order chi connectivity index (χ1) is 18.6. The number of carbonyl (C=O) groups excluding carboxylic acids is 2. The van der Waals surface area contributed by atoms with Crippen molar-refractivity contribution in [1.29, 1.82) is 0 Å². The zero-order chi connectivity index (χ0) is 28.5. The van der Waals surface area contributed by atoms with Gasteiger partial charge in [0.25, 0.3) is 0 Å². The summed E-state index contributed by atoms with van der Waals surface area (Å²) in [7, 11) is 1.29. The summed E-state index contributed by atoms with van der Waals surface area (Å²) < 4.78 is 16.2. The summed E-state index contributed by atoms with van der Waals surface area (Å²) in [6.07, 6.45) is 7.24. The number of benzene rings is 2. The Kier molecular flexibility index (Phi) is 10.5. The highest BCUT2D eigenvalue weighted by atomic mass is 32.1. The molecule has 0 aliphatic carbocycles. The van der Waals surface area contributed by atoms with Crippen molar-refractivity contribution in [3.63, 3.8) is 0 Å². The Morgan fingerprint density at radius 2 is 1.54 bits per heavy atom. The van der Waals surface area contributed by atoms with Gasteiger partial charge in [-0.1, -0.05) is 56.9 Å². The number of thiazole rings is 1. The molecule has 7 nitrogen and oxygen atoms in total. The van der Waals surface area contributed by atoms with E-state index in [2.05, 4.69) is 29.4 Å². The fourth-order valence-corrected chi connectivity index (χ4v) is 4.98. The molecule has 0 radical (unpaired) electrons. The summed E-state index contributed by atoms with van der Waals surface area (Å²) in [5.41, 5.74) is 0.437. The molecule has 0 saturated heterocycles. The maximum Gasteiger partial charge on any atom is 0.408 e. The highest BCUT2D eigenvalue weighted by Gasteiger charge is 2.39. The number of hydrogen-bond acceptors (Lipinski definition) is 7. The number of rotatable bonds is 12. The number of esters is 1. The maximum absolute atomic E-state index is 12.7. The Morgan fingerprint density at radius 1 is 0.897 bits per heavy atom. The minimum absolute atomic E-state index is 0.571. The number of ether oxygens (including phenoxy) is 3. The van der Waals surface area contributed by atoms with Crippen LogP contribution in [0.3, 0.4) is 0 Å². The van der Waals surface area contributed by atoms with E-state index in [1.165, 1.54) is 32.8 Å². The molecule has 0 aliphatic heterocycles. The summed E-state index contributed by atoms with van der Waals surface area (Å²) in [6, 6.07) is 15.5. The van der Waals surface area contributed by atoms with Crippen molar-refractivity contribution in [2.45, 2.75) is 77.9 Å². The van der Waals surface area contributed by atoms with E-state index in [9.17, 15) is 9.59 Å². The number of hydrogen-bond donors (Lipinski definition) is 1. The predicted molar refractivity (Wildman–Crippen MR) is 156 cm³/mol. The normalized spacial score (nSPS) is 12.9. The first-order valence-electron chi connectivity index (χ1n) is 13.5. The van der Waals surface area contributed by atoms with E-state index in [0.717, 1.165) is 39.8 Å². The monoisotopic (exact) mass is 552 g/mol. The molecule has 210 valence electrons. The van der Waals surface area contributed by atoms with Crippen molar-refractivity contribution >= 4 is 23.4 Å². The van der Waals surface area contributed by atoms with Crippen LogP contribution in [0.1, 0.15) is 72.3 Å². The molecule has 0 bridgehead atoms. The van der Waals surface area contributed by atoms with E-state index >= 15 is 0 Å². The topological polar surface area (TPSA) is 86.8 Å². The molecule has 2 aromatic carbocycles. The molecule has 39 heavy (non-hydrogen) atoms. The van der Waals surface area contributed by atoms with Crippen LogP contribution in [0.4, 0.5) is 4.79 Å². The quantitative estimate of drug-likeness (QED) is 0.183. The van der Waals surface area contributed by atoms with Gasteiger partial charge in [0.2, 0.25) is 0 Å². The van der Waals surface area contributed by atoms with Gasteiger partial charge in [0.1, 0.15) is 16.4 Å². The van der Waals surface area contributed by atoms with Gasteiger partial charge in [0.15, 0.2) is 5.54 Å². The van der Waals surface area contributed by atoms with E-state index in [-0.39, 0.29) is 0 Å². The molecule has 3 rings (SSSR count). The third-order valence-electron chi connectivity index (χ3n) is 6.21. The molecule has 1 N–H and O–H groups in total. The Morgan fingerprint density at radius 3 is 2.15 bits per heavy atom. The van der Waals surface area contributed by atoms with Crippen LogP contribution >= 0.6 is 11.3 Å². The van der Waals surface area contributed by atoms with Crippen molar-refractivity contribution in [3.05, 3.63) is 60.3 Å². The second kappa shape index (κ2) is 13.6. The summed E-state index contributed by atoms with van der Waals surface area (Å²) in [4.78, 5) is 30.8. The average molecular weight is 553 g/mol. The van der Waals surface area contributed by atoms with Gasteiger partial charge in [0, 0.05) is 11.8 Å². The highest BCUT2D eigenvalue weighted by Crippen LogP contribution is 2.34. The fraction of sp³-hybridized carbons (Fsp3) is 0.452. The molecule has 1 amide bonds. The molecule has 1 heterocycles. The number of alkyl carbamates (subject to hydrolysis) is 1. The fourth-order valence-electron chi connectivity index (χ4n) is 4.05. The van der Waals surface area contributed by atoms with Gasteiger partial charge >= 0.3 is 12.1 Å². The molecule has 1 unspecified atom stereocenters. The van der Waals surface area contributed by atoms with Crippen molar-refractivity contribution in [3.8, 4) is 26.8 Å². The van der Waals surface area contributed by atoms with Crippen molar-refractivity contribution in [2.24, 2.45) is 0 Å². The third-order valence-corrected chi connectivity index (χ3v) is 7.31. The van der Waals surface area contributed by atoms with Gasteiger partial charge in [-0.15, -0.1) is 11.3 Å². The van der Waals surface area contributed by atoms with Crippen LogP contribution in [0.25, 0.3) is 21.0 Å². The van der Waals surface area contributed by atoms with Gasteiger partial charge in [-0.05, 0) is 69.5 Å². The minimum atomic E-state index is -1.41. The van der Waals surface area contributed by atoms with Gasteiger partial charge < -0.3 is 19.5 Å². The number of nitrogens with zero attached hydrogens (tertiary/aromatic N) is 1. The summed E-state index contributed by atoms with van der Waals surface area (Å²) in [6.45, 7) is 9.84. The molecule has 0 saturated carbocycles. The first kappa shape index (κ1) is 30.2. The lowest BCUT2D eigenvalue weighted by atomic mass is 9.91. The molecule has 1 atom stereocenters. The van der Waals surface area contributed by atoms with E-state index in [4.69, 9.17) is 14.2 Å². The Hall–Kier alpha value is -3.39. The molecule has 3 aromatic rings. The van der Waals surface area contributed by atoms with Crippen molar-refractivity contribution in [1.82, 2.24) is 10.3 Å². The molecule has 0 spiro atoms. The molecular formula is C31H40N2O5S. The SMILES string of the molecule is CCCCCCCOc1ccc(-c2cnc(-c3ccc(C(C)(NC(=O)OC(C)(C)C)C(=O)OC)cc3)s2)cc1. The van der Waals surface area contributed by atoms with Crippen molar-refractivity contribution in [2.75, 3.05) is 13.7 Å². The largest absolute Gasteiger partial charge is 0.494 e. The number of aromatic nitrogens is 1. The number of unbranched alkanes of at least 4 members (excludes halogenated alkanes) is 4. The molecule has 0 fully saturated rings. The molecule has 0 aliphatic rings. The average Bonchev–Trinajstić information content (AvgIpc) is 3.40. The smallest absolute Gasteiger partial charge is 0.408 e. The second-order valence-corrected chi connectivity index (χ2v) is 11.7. The third kappa shape index (κ3) is 8.55. The van der Waals surface area contributed by atoms with Gasteiger partial charge in [0.05, 0.1) is 18.6 Å². The zero-order valence-electron chi connectivity index (χ0n) is 23.8. The van der Waals surface area contributed by atoms with Gasteiger partial charge in [-0.25, -0.2) is 14.6 Å².